The number of nitrogens with one attached hydrogen (secondary N) is 2. The summed E-state index contributed by atoms with van der Waals surface area (Å²) >= 11 is 3.44. The van der Waals surface area contributed by atoms with Gasteiger partial charge in [-0.1, -0.05) is 35.0 Å². The maximum atomic E-state index is 3.51. The average molecular weight is 285 g/mol. The van der Waals surface area contributed by atoms with Crippen LogP contribution in [0, 0.1) is 0 Å². The zero-order valence-corrected chi connectivity index (χ0v) is 11.7. The lowest BCUT2D eigenvalue weighted by atomic mass is 10.1. The van der Waals surface area contributed by atoms with Gasteiger partial charge in [-0.25, -0.2) is 0 Å². The maximum absolute atomic E-state index is 3.51. The first-order chi connectivity index (χ1) is 7.72. The van der Waals surface area contributed by atoms with Crippen molar-refractivity contribution in [3.8, 4) is 0 Å². The van der Waals surface area contributed by atoms with E-state index in [4.69, 9.17) is 0 Å². The highest BCUT2D eigenvalue weighted by Crippen LogP contribution is 2.10. The predicted molar refractivity (Wildman–Crippen MR) is 73.9 cm³/mol. The second-order valence-electron chi connectivity index (χ2n) is 4.04. The molecule has 0 aliphatic rings. The van der Waals surface area contributed by atoms with E-state index in [0.29, 0.717) is 6.04 Å². The van der Waals surface area contributed by atoms with Crippen LogP contribution in [-0.2, 0) is 6.42 Å². The van der Waals surface area contributed by atoms with E-state index in [1.54, 1.807) is 0 Å². The highest BCUT2D eigenvalue weighted by atomic mass is 79.9. The SMILES string of the molecule is CCNCC(C)NCCc1ccc(Br)cc1. The molecule has 0 bridgehead atoms. The number of benzene rings is 1. The second kappa shape index (κ2) is 7.82. The van der Waals surface area contributed by atoms with E-state index >= 15 is 0 Å². The lowest BCUT2D eigenvalue weighted by molar-refractivity contribution is 0.512. The minimum Gasteiger partial charge on any atom is -0.315 e. The fourth-order valence-electron chi connectivity index (χ4n) is 1.55. The molecule has 0 fully saturated rings. The van der Waals surface area contributed by atoms with Crippen LogP contribution in [0.2, 0.25) is 0 Å². The summed E-state index contributed by atoms with van der Waals surface area (Å²) in [6.45, 7) is 7.46. The predicted octanol–water partition coefficient (Wildman–Crippen LogP) is 2.58. The normalized spacial score (nSPS) is 12.7. The molecule has 0 saturated carbocycles. The van der Waals surface area contributed by atoms with Crippen molar-refractivity contribution in [1.29, 1.82) is 0 Å². The Hall–Kier alpha value is -0.380. The fraction of sp³-hybridized carbons (Fsp3) is 0.538. The van der Waals surface area contributed by atoms with E-state index in [0.717, 1.165) is 30.5 Å². The van der Waals surface area contributed by atoms with E-state index in [1.165, 1.54) is 5.56 Å². The van der Waals surface area contributed by atoms with Crippen molar-refractivity contribution in [2.45, 2.75) is 26.3 Å². The van der Waals surface area contributed by atoms with Gasteiger partial charge in [0.15, 0.2) is 0 Å². The molecule has 2 N–H and O–H groups in total. The molecule has 1 atom stereocenters. The van der Waals surface area contributed by atoms with Crippen LogP contribution in [-0.4, -0.2) is 25.7 Å². The van der Waals surface area contributed by atoms with Crippen LogP contribution < -0.4 is 10.6 Å². The summed E-state index contributed by atoms with van der Waals surface area (Å²) in [7, 11) is 0. The van der Waals surface area contributed by atoms with E-state index in [2.05, 4.69) is 64.7 Å². The van der Waals surface area contributed by atoms with Crippen molar-refractivity contribution in [1.82, 2.24) is 10.6 Å². The first-order valence-corrected chi connectivity index (χ1v) is 6.70. The van der Waals surface area contributed by atoms with Crippen LogP contribution in [0.1, 0.15) is 19.4 Å². The Labute approximate surface area is 107 Å². The Bertz CT molecular complexity index is 284. The Balaban J connectivity index is 2.17. The van der Waals surface area contributed by atoms with Crippen molar-refractivity contribution in [2.24, 2.45) is 0 Å². The third-order valence-electron chi connectivity index (χ3n) is 2.52. The standard InChI is InChI=1S/C13H21BrN2/c1-3-15-10-11(2)16-9-8-12-4-6-13(14)7-5-12/h4-7,11,15-16H,3,8-10H2,1-2H3. The van der Waals surface area contributed by atoms with Gasteiger partial charge in [0, 0.05) is 17.1 Å². The highest BCUT2D eigenvalue weighted by Gasteiger charge is 1.99. The van der Waals surface area contributed by atoms with E-state index in [-0.39, 0.29) is 0 Å². The molecule has 0 aliphatic carbocycles. The molecule has 2 nitrogen and oxygen atoms in total. The van der Waals surface area contributed by atoms with Crippen molar-refractivity contribution in [3.63, 3.8) is 0 Å². The molecule has 0 aliphatic heterocycles. The van der Waals surface area contributed by atoms with Crippen molar-refractivity contribution < 1.29 is 0 Å². The number of likely N-dealkylation sites (N-methyl/N-ethyl adjacent to an activating group) is 1. The Morgan fingerprint density at radius 3 is 2.56 bits per heavy atom. The minimum atomic E-state index is 0.537. The van der Waals surface area contributed by atoms with E-state index in [9.17, 15) is 0 Å². The zero-order chi connectivity index (χ0) is 11.8. The molecule has 0 aromatic heterocycles. The molecule has 1 rings (SSSR count). The van der Waals surface area contributed by atoms with Gasteiger partial charge in [-0.05, 0) is 44.1 Å². The van der Waals surface area contributed by atoms with Gasteiger partial charge in [-0.15, -0.1) is 0 Å². The maximum Gasteiger partial charge on any atom is 0.0175 e. The number of hydrogen-bond acceptors (Lipinski definition) is 2. The lowest BCUT2D eigenvalue weighted by Crippen LogP contribution is -2.37. The molecule has 0 spiro atoms. The first-order valence-electron chi connectivity index (χ1n) is 5.91. The van der Waals surface area contributed by atoms with Crippen LogP contribution >= 0.6 is 15.9 Å². The van der Waals surface area contributed by atoms with Gasteiger partial charge in [0.05, 0.1) is 0 Å². The van der Waals surface area contributed by atoms with Gasteiger partial charge in [0.1, 0.15) is 0 Å². The van der Waals surface area contributed by atoms with E-state index < -0.39 is 0 Å². The van der Waals surface area contributed by atoms with Crippen LogP contribution in [0.25, 0.3) is 0 Å². The molecule has 1 aromatic rings. The summed E-state index contributed by atoms with van der Waals surface area (Å²) in [6, 6.07) is 9.06. The summed E-state index contributed by atoms with van der Waals surface area (Å²) < 4.78 is 1.14. The topological polar surface area (TPSA) is 24.1 Å². The molecule has 1 unspecified atom stereocenters. The third kappa shape index (κ3) is 5.64. The van der Waals surface area contributed by atoms with Crippen molar-refractivity contribution >= 4 is 15.9 Å². The van der Waals surface area contributed by atoms with Crippen LogP contribution in [0.5, 0.6) is 0 Å². The largest absolute Gasteiger partial charge is 0.315 e. The summed E-state index contributed by atoms with van der Waals surface area (Å²) in [5, 5.41) is 6.84. The Morgan fingerprint density at radius 2 is 1.94 bits per heavy atom. The molecular weight excluding hydrogens is 264 g/mol. The number of rotatable bonds is 7. The first kappa shape index (κ1) is 13.7. The molecule has 0 amide bonds. The quantitative estimate of drug-likeness (QED) is 0.804. The Morgan fingerprint density at radius 1 is 1.25 bits per heavy atom. The van der Waals surface area contributed by atoms with Crippen LogP contribution in [0.3, 0.4) is 0 Å². The van der Waals surface area contributed by atoms with Crippen molar-refractivity contribution in [3.05, 3.63) is 34.3 Å². The zero-order valence-electron chi connectivity index (χ0n) is 10.1. The van der Waals surface area contributed by atoms with Crippen molar-refractivity contribution in [2.75, 3.05) is 19.6 Å². The third-order valence-corrected chi connectivity index (χ3v) is 3.05. The minimum absolute atomic E-state index is 0.537. The summed E-state index contributed by atoms with van der Waals surface area (Å²) in [5.74, 6) is 0. The van der Waals surface area contributed by atoms with Gasteiger partial charge in [-0.3, -0.25) is 0 Å². The van der Waals surface area contributed by atoms with Gasteiger partial charge < -0.3 is 10.6 Å². The summed E-state index contributed by atoms with van der Waals surface area (Å²) in [6.07, 6.45) is 1.09. The monoisotopic (exact) mass is 284 g/mol. The molecule has 16 heavy (non-hydrogen) atoms. The smallest absolute Gasteiger partial charge is 0.0175 e. The molecule has 0 saturated heterocycles. The number of halogens is 1. The molecule has 0 heterocycles. The average Bonchev–Trinajstić information content (AvgIpc) is 2.29. The molecule has 90 valence electrons. The van der Waals surface area contributed by atoms with Gasteiger partial charge >= 0.3 is 0 Å². The Kier molecular flexibility index (Phi) is 6.69. The second-order valence-corrected chi connectivity index (χ2v) is 4.95. The molecular formula is C13H21BrN2. The molecule has 1 aromatic carbocycles. The number of hydrogen-bond donors (Lipinski definition) is 2. The lowest BCUT2D eigenvalue weighted by Gasteiger charge is -2.13. The molecule has 0 radical (unpaired) electrons. The van der Waals surface area contributed by atoms with Gasteiger partial charge in [0.2, 0.25) is 0 Å². The van der Waals surface area contributed by atoms with Crippen LogP contribution in [0.4, 0.5) is 0 Å². The summed E-state index contributed by atoms with van der Waals surface area (Å²) in [5.41, 5.74) is 1.38. The van der Waals surface area contributed by atoms with Gasteiger partial charge in [-0.2, -0.15) is 0 Å². The van der Waals surface area contributed by atoms with Gasteiger partial charge in [0.25, 0.3) is 0 Å². The molecule has 3 heteroatoms. The van der Waals surface area contributed by atoms with E-state index in [1.807, 2.05) is 0 Å². The highest BCUT2D eigenvalue weighted by molar-refractivity contribution is 9.10. The fourth-order valence-corrected chi connectivity index (χ4v) is 1.81. The summed E-state index contributed by atoms with van der Waals surface area (Å²) in [4.78, 5) is 0. The van der Waals surface area contributed by atoms with Crippen LogP contribution in [0.15, 0.2) is 28.7 Å².